The number of ether oxygens (including phenoxy) is 4. The number of anilines is 1. The van der Waals surface area contributed by atoms with Crippen LogP contribution in [0.5, 0.6) is 23.0 Å². The van der Waals surface area contributed by atoms with Crippen LogP contribution in [0.15, 0.2) is 36.4 Å². The molecule has 0 saturated carbocycles. The molecule has 0 radical (unpaired) electrons. The number of hydrogen-bond donors (Lipinski definition) is 2. The van der Waals surface area contributed by atoms with E-state index in [-0.39, 0.29) is 12.3 Å². The van der Waals surface area contributed by atoms with Crippen LogP contribution in [0.2, 0.25) is 0 Å². The molecule has 150 valence electrons. The predicted molar refractivity (Wildman–Crippen MR) is 103 cm³/mol. The fraction of sp³-hybridized carbons (Fsp3) is 0.300. The Morgan fingerprint density at radius 1 is 0.964 bits per heavy atom. The van der Waals surface area contributed by atoms with Gasteiger partial charge in [0.2, 0.25) is 11.7 Å². The van der Waals surface area contributed by atoms with Crippen LogP contribution in [0, 0.1) is 0 Å². The van der Waals surface area contributed by atoms with Crippen molar-refractivity contribution in [1.29, 1.82) is 0 Å². The maximum atomic E-state index is 12.2. The van der Waals surface area contributed by atoms with E-state index in [9.17, 15) is 9.59 Å². The Morgan fingerprint density at radius 3 is 2.07 bits per heavy atom. The van der Waals surface area contributed by atoms with Crippen molar-refractivity contribution in [2.45, 2.75) is 12.8 Å². The highest BCUT2D eigenvalue weighted by atomic mass is 16.5. The molecule has 0 aliphatic carbocycles. The van der Waals surface area contributed by atoms with Crippen molar-refractivity contribution in [3.05, 3.63) is 42.0 Å². The summed E-state index contributed by atoms with van der Waals surface area (Å²) < 4.78 is 21.0. The minimum atomic E-state index is -1.05. The molecular formula is C20H23NO7. The average molecular weight is 389 g/mol. The molecule has 2 rings (SSSR count). The predicted octanol–water partition coefficient (Wildman–Crippen LogP) is 2.75. The molecule has 2 aromatic rings. The molecule has 8 heteroatoms. The Hall–Kier alpha value is -3.42. The number of methoxy groups -OCH3 is 3. The summed E-state index contributed by atoms with van der Waals surface area (Å²) in [6, 6.07) is 10.1. The molecule has 8 nitrogen and oxygen atoms in total. The standard InChI is InChI=1S/C20H23NO7/c1-25-16-10-13(11-17(26-2)20(16)27-3)4-9-18(22)21-14-5-7-15(8-6-14)28-12-19(23)24/h5-8,10-11H,4,9,12H2,1-3H3,(H,21,22)(H,23,24). The number of benzene rings is 2. The number of carboxylic acid groups (broad SMARTS) is 1. The van der Waals surface area contributed by atoms with E-state index in [4.69, 9.17) is 24.1 Å². The number of aryl methyl sites for hydroxylation is 1. The van der Waals surface area contributed by atoms with Crippen molar-refractivity contribution in [3.8, 4) is 23.0 Å². The Balaban J connectivity index is 1.94. The summed E-state index contributed by atoms with van der Waals surface area (Å²) in [6.07, 6.45) is 0.748. The summed E-state index contributed by atoms with van der Waals surface area (Å²) in [6.45, 7) is -0.416. The van der Waals surface area contributed by atoms with Crippen LogP contribution in [0.4, 0.5) is 5.69 Å². The molecule has 28 heavy (non-hydrogen) atoms. The van der Waals surface area contributed by atoms with Crippen LogP contribution < -0.4 is 24.3 Å². The van der Waals surface area contributed by atoms with Crippen LogP contribution in [0.3, 0.4) is 0 Å². The third kappa shape index (κ3) is 5.80. The van der Waals surface area contributed by atoms with Crippen LogP contribution in [0.1, 0.15) is 12.0 Å². The fourth-order valence-corrected chi connectivity index (χ4v) is 2.54. The molecule has 0 heterocycles. The van der Waals surface area contributed by atoms with E-state index in [1.165, 1.54) is 21.3 Å². The van der Waals surface area contributed by atoms with Crippen molar-refractivity contribution < 1.29 is 33.6 Å². The van der Waals surface area contributed by atoms with E-state index < -0.39 is 12.6 Å². The van der Waals surface area contributed by atoms with E-state index in [0.717, 1.165) is 5.56 Å². The number of carboxylic acids is 1. The normalized spacial score (nSPS) is 10.1. The zero-order chi connectivity index (χ0) is 20.5. The Morgan fingerprint density at radius 2 is 1.57 bits per heavy atom. The summed E-state index contributed by atoms with van der Waals surface area (Å²) in [5.74, 6) is 0.779. The molecule has 0 bridgehead atoms. The largest absolute Gasteiger partial charge is 0.493 e. The van der Waals surface area contributed by atoms with Crippen molar-refractivity contribution in [2.75, 3.05) is 33.3 Å². The number of amides is 1. The zero-order valence-electron chi connectivity index (χ0n) is 16.0. The van der Waals surface area contributed by atoms with E-state index >= 15 is 0 Å². The molecule has 0 unspecified atom stereocenters. The first-order chi connectivity index (χ1) is 13.5. The quantitative estimate of drug-likeness (QED) is 0.644. The lowest BCUT2D eigenvalue weighted by Gasteiger charge is -2.14. The molecule has 0 saturated heterocycles. The van der Waals surface area contributed by atoms with Gasteiger partial charge in [-0.1, -0.05) is 0 Å². The summed E-state index contributed by atoms with van der Waals surface area (Å²) in [5, 5.41) is 11.4. The molecule has 0 aliphatic heterocycles. The maximum Gasteiger partial charge on any atom is 0.341 e. The van der Waals surface area contributed by atoms with Gasteiger partial charge < -0.3 is 29.4 Å². The van der Waals surface area contributed by atoms with Gasteiger partial charge in [-0.3, -0.25) is 4.79 Å². The molecule has 0 atom stereocenters. The van der Waals surface area contributed by atoms with Crippen LogP contribution in [0.25, 0.3) is 0 Å². The molecule has 2 aromatic carbocycles. The molecular weight excluding hydrogens is 366 g/mol. The van der Waals surface area contributed by atoms with E-state index in [2.05, 4.69) is 5.32 Å². The van der Waals surface area contributed by atoms with Crippen LogP contribution >= 0.6 is 0 Å². The van der Waals surface area contributed by atoms with Gasteiger partial charge in [-0.25, -0.2) is 4.79 Å². The van der Waals surface area contributed by atoms with Crippen molar-refractivity contribution in [3.63, 3.8) is 0 Å². The lowest BCUT2D eigenvalue weighted by molar-refractivity contribution is -0.139. The van der Waals surface area contributed by atoms with Crippen LogP contribution in [-0.4, -0.2) is 44.9 Å². The third-order valence-electron chi connectivity index (χ3n) is 3.87. The number of aliphatic carboxylic acids is 1. The zero-order valence-corrected chi connectivity index (χ0v) is 16.0. The van der Waals surface area contributed by atoms with Gasteiger partial charge in [0.05, 0.1) is 21.3 Å². The molecule has 0 fully saturated rings. The van der Waals surface area contributed by atoms with Gasteiger partial charge in [-0.2, -0.15) is 0 Å². The molecule has 0 spiro atoms. The van der Waals surface area contributed by atoms with Crippen molar-refractivity contribution in [2.24, 2.45) is 0 Å². The average Bonchev–Trinajstić information content (AvgIpc) is 2.70. The molecule has 0 aromatic heterocycles. The summed E-state index contributed by atoms with van der Waals surface area (Å²) in [4.78, 5) is 22.7. The van der Waals surface area contributed by atoms with E-state index in [1.807, 2.05) is 12.1 Å². The minimum absolute atomic E-state index is 0.159. The smallest absolute Gasteiger partial charge is 0.341 e. The number of hydrogen-bond acceptors (Lipinski definition) is 6. The first kappa shape index (κ1) is 20.9. The van der Waals surface area contributed by atoms with Crippen LogP contribution in [-0.2, 0) is 16.0 Å². The molecule has 0 aliphatic rings. The monoisotopic (exact) mass is 389 g/mol. The first-order valence-electron chi connectivity index (χ1n) is 8.50. The highest BCUT2D eigenvalue weighted by molar-refractivity contribution is 5.90. The number of carbonyl (C=O) groups is 2. The van der Waals surface area contributed by atoms with E-state index in [1.54, 1.807) is 24.3 Å². The first-order valence-corrected chi connectivity index (χ1v) is 8.50. The highest BCUT2D eigenvalue weighted by Crippen LogP contribution is 2.38. The second-order valence-electron chi connectivity index (χ2n) is 5.79. The maximum absolute atomic E-state index is 12.2. The van der Waals surface area contributed by atoms with Gasteiger partial charge in [-0.15, -0.1) is 0 Å². The van der Waals surface area contributed by atoms with Gasteiger partial charge in [0, 0.05) is 12.1 Å². The number of carbonyl (C=O) groups excluding carboxylic acids is 1. The van der Waals surface area contributed by atoms with Gasteiger partial charge in [0.1, 0.15) is 5.75 Å². The summed E-state index contributed by atoms with van der Waals surface area (Å²) >= 11 is 0. The topological polar surface area (TPSA) is 103 Å². The van der Waals surface area contributed by atoms with Gasteiger partial charge >= 0.3 is 5.97 Å². The molecule has 1 amide bonds. The number of rotatable bonds is 10. The summed E-state index contributed by atoms with van der Waals surface area (Å²) in [7, 11) is 4.61. The SMILES string of the molecule is COc1cc(CCC(=O)Nc2ccc(OCC(=O)O)cc2)cc(OC)c1OC. The third-order valence-corrected chi connectivity index (χ3v) is 3.87. The number of nitrogens with one attached hydrogen (secondary N) is 1. The van der Waals surface area contributed by atoms with Gasteiger partial charge in [-0.05, 0) is 48.4 Å². The Labute approximate surface area is 163 Å². The van der Waals surface area contributed by atoms with Crippen molar-refractivity contribution >= 4 is 17.6 Å². The van der Waals surface area contributed by atoms with Gasteiger partial charge in [0.15, 0.2) is 18.1 Å². The highest BCUT2D eigenvalue weighted by Gasteiger charge is 2.14. The second-order valence-corrected chi connectivity index (χ2v) is 5.79. The lowest BCUT2D eigenvalue weighted by atomic mass is 10.1. The fourth-order valence-electron chi connectivity index (χ4n) is 2.54. The van der Waals surface area contributed by atoms with Gasteiger partial charge in [0.25, 0.3) is 0 Å². The second kappa shape index (κ2) is 10.1. The lowest BCUT2D eigenvalue weighted by Crippen LogP contribution is -2.12. The minimum Gasteiger partial charge on any atom is -0.493 e. The molecule has 2 N–H and O–H groups in total. The Bertz CT molecular complexity index is 793. The summed E-state index contributed by atoms with van der Waals surface area (Å²) in [5.41, 5.74) is 1.47. The van der Waals surface area contributed by atoms with E-state index in [0.29, 0.717) is 35.1 Å². The Kier molecular flexibility index (Phi) is 7.50. The van der Waals surface area contributed by atoms with Crippen molar-refractivity contribution in [1.82, 2.24) is 0 Å².